The van der Waals surface area contributed by atoms with E-state index < -0.39 is 5.82 Å². The van der Waals surface area contributed by atoms with Crippen molar-refractivity contribution in [1.82, 2.24) is 19.7 Å². The van der Waals surface area contributed by atoms with Crippen molar-refractivity contribution in [3.63, 3.8) is 0 Å². The highest BCUT2D eigenvalue weighted by molar-refractivity contribution is 6.31. The molecule has 1 aromatic carbocycles. The lowest BCUT2D eigenvalue weighted by Crippen LogP contribution is -2.05. The molecule has 0 bridgehead atoms. The minimum absolute atomic E-state index is 0.0315. The smallest absolute Gasteiger partial charge is 0.223 e. The lowest BCUT2D eigenvalue weighted by atomic mass is 10.3. The molecule has 104 valence electrons. The van der Waals surface area contributed by atoms with Gasteiger partial charge in [0.25, 0.3) is 0 Å². The Bertz CT molecular complexity index is 783. The van der Waals surface area contributed by atoms with Crippen molar-refractivity contribution in [2.75, 3.05) is 0 Å². The predicted octanol–water partition coefficient (Wildman–Crippen LogP) is 3.31. The van der Waals surface area contributed by atoms with E-state index >= 15 is 0 Å². The van der Waals surface area contributed by atoms with Crippen molar-refractivity contribution in [2.24, 2.45) is 0 Å². The number of rotatable bonds is 3. The fourth-order valence-electron chi connectivity index (χ4n) is 2.00. The molecule has 0 unspecified atom stereocenters. The minimum atomic E-state index is -0.514. The highest BCUT2D eigenvalue weighted by Crippen LogP contribution is 2.25. The number of aromatic nitrogens is 4. The first-order valence-corrected chi connectivity index (χ1v) is 6.69. The summed E-state index contributed by atoms with van der Waals surface area (Å²) in [5, 5.41) is 3.86. The minimum Gasteiger partial charge on any atom is -0.340 e. The van der Waals surface area contributed by atoms with Crippen LogP contribution in [0.3, 0.4) is 0 Å². The fraction of sp³-hybridized carbons (Fsp3) is 0.250. The van der Waals surface area contributed by atoms with Crippen LogP contribution in [0.15, 0.2) is 16.7 Å². The second-order valence-electron chi connectivity index (χ2n) is 4.23. The van der Waals surface area contributed by atoms with Gasteiger partial charge in [0.15, 0.2) is 5.82 Å². The van der Waals surface area contributed by atoms with E-state index in [2.05, 4.69) is 15.1 Å². The van der Waals surface area contributed by atoms with Gasteiger partial charge in [0.05, 0.1) is 28.5 Å². The lowest BCUT2D eigenvalue weighted by molar-refractivity contribution is 0.386. The fourth-order valence-corrected chi connectivity index (χ4v) is 2.36. The maximum atomic E-state index is 13.5. The lowest BCUT2D eigenvalue weighted by Gasteiger charge is -2.04. The molecule has 3 aromatic rings. The maximum absolute atomic E-state index is 13.5. The molecule has 0 N–H and O–H groups in total. The largest absolute Gasteiger partial charge is 0.340 e. The van der Waals surface area contributed by atoms with Gasteiger partial charge < -0.3 is 9.09 Å². The highest BCUT2D eigenvalue weighted by atomic mass is 35.5. The van der Waals surface area contributed by atoms with Gasteiger partial charge >= 0.3 is 0 Å². The molecule has 0 fully saturated rings. The Labute approximate surface area is 123 Å². The third kappa shape index (κ3) is 2.25. The summed E-state index contributed by atoms with van der Waals surface area (Å²) in [6, 6.07) is 2.80. The molecule has 20 heavy (non-hydrogen) atoms. The van der Waals surface area contributed by atoms with E-state index in [1.807, 2.05) is 0 Å². The first-order chi connectivity index (χ1) is 9.58. The molecule has 0 radical (unpaired) electrons. The summed E-state index contributed by atoms with van der Waals surface area (Å²) in [5.74, 6) is 1.23. The predicted molar refractivity (Wildman–Crippen MR) is 72.4 cm³/mol. The van der Waals surface area contributed by atoms with Crippen molar-refractivity contribution in [1.29, 1.82) is 0 Å². The Morgan fingerprint density at radius 3 is 2.80 bits per heavy atom. The molecule has 0 aliphatic heterocycles. The average molecular weight is 315 g/mol. The zero-order chi connectivity index (χ0) is 14.3. The number of fused-ring (bicyclic) bond motifs is 1. The van der Waals surface area contributed by atoms with Crippen LogP contribution in [-0.2, 0) is 12.4 Å². The number of alkyl halides is 1. The summed E-state index contributed by atoms with van der Waals surface area (Å²) in [6.45, 7) is 2.04. The summed E-state index contributed by atoms with van der Waals surface area (Å²) in [4.78, 5) is 8.41. The van der Waals surface area contributed by atoms with Gasteiger partial charge in [-0.25, -0.2) is 9.37 Å². The van der Waals surface area contributed by atoms with Crippen LogP contribution in [-0.4, -0.2) is 19.7 Å². The molecule has 0 saturated heterocycles. The third-order valence-corrected chi connectivity index (χ3v) is 3.39. The van der Waals surface area contributed by atoms with E-state index in [1.54, 1.807) is 11.5 Å². The van der Waals surface area contributed by atoms with Gasteiger partial charge in [-0.2, -0.15) is 4.98 Å². The van der Waals surface area contributed by atoms with Gasteiger partial charge in [-0.3, -0.25) is 0 Å². The molecule has 2 heterocycles. The van der Waals surface area contributed by atoms with Crippen LogP contribution in [0, 0.1) is 12.7 Å². The monoisotopic (exact) mass is 314 g/mol. The number of halogens is 3. The molecule has 8 heteroatoms. The molecule has 0 aliphatic carbocycles. The molecule has 0 amide bonds. The Morgan fingerprint density at radius 1 is 1.35 bits per heavy atom. The number of hydrogen-bond donors (Lipinski definition) is 0. The summed E-state index contributed by atoms with van der Waals surface area (Å²) < 4.78 is 20.2. The van der Waals surface area contributed by atoms with Crippen molar-refractivity contribution in [2.45, 2.75) is 19.3 Å². The molecule has 5 nitrogen and oxygen atoms in total. The van der Waals surface area contributed by atoms with E-state index in [0.717, 1.165) is 0 Å². The van der Waals surface area contributed by atoms with Crippen LogP contribution in [0.25, 0.3) is 11.0 Å². The highest BCUT2D eigenvalue weighted by Gasteiger charge is 2.15. The second-order valence-corrected chi connectivity index (χ2v) is 4.91. The van der Waals surface area contributed by atoms with E-state index in [-0.39, 0.29) is 10.9 Å². The first-order valence-electron chi connectivity index (χ1n) is 5.78. The summed E-state index contributed by atoms with van der Waals surface area (Å²) >= 11 is 11.7. The van der Waals surface area contributed by atoms with Gasteiger partial charge in [0.1, 0.15) is 11.6 Å². The van der Waals surface area contributed by atoms with Crippen molar-refractivity contribution in [3.8, 4) is 0 Å². The number of benzene rings is 1. The molecule has 0 atom stereocenters. The number of imidazole rings is 1. The van der Waals surface area contributed by atoms with E-state index in [4.69, 9.17) is 27.7 Å². The topological polar surface area (TPSA) is 56.7 Å². The normalized spacial score (nSPS) is 11.4. The summed E-state index contributed by atoms with van der Waals surface area (Å²) in [6.07, 6.45) is 0. The van der Waals surface area contributed by atoms with E-state index in [0.29, 0.717) is 35.1 Å². The Hall–Kier alpha value is -1.66. The van der Waals surface area contributed by atoms with Gasteiger partial charge in [-0.15, -0.1) is 11.6 Å². The zero-order valence-corrected chi connectivity index (χ0v) is 11.9. The number of hydrogen-bond acceptors (Lipinski definition) is 4. The summed E-state index contributed by atoms with van der Waals surface area (Å²) in [5.41, 5.74) is 1.16. The molecule has 0 aliphatic rings. The number of aryl methyl sites for hydroxylation is 1. The Balaban J connectivity index is 2.14. The van der Waals surface area contributed by atoms with Crippen molar-refractivity contribution in [3.05, 3.63) is 40.5 Å². The van der Waals surface area contributed by atoms with Crippen LogP contribution >= 0.6 is 23.2 Å². The third-order valence-electron chi connectivity index (χ3n) is 2.86. The molecule has 3 rings (SSSR count). The molecule has 0 spiro atoms. The zero-order valence-electron chi connectivity index (χ0n) is 10.4. The van der Waals surface area contributed by atoms with Crippen molar-refractivity contribution >= 4 is 34.2 Å². The number of nitrogens with zero attached hydrogens (tertiary/aromatic N) is 4. The maximum Gasteiger partial charge on any atom is 0.223 e. The van der Waals surface area contributed by atoms with Gasteiger partial charge in [-0.05, 0) is 6.07 Å². The van der Waals surface area contributed by atoms with Crippen LogP contribution in [0.5, 0.6) is 0 Å². The quantitative estimate of drug-likeness (QED) is 0.696. The van der Waals surface area contributed by atoms with Crippen molar-refractivity contribution < 1.29 is 8.91 Å². The standard InChI is InChI=1S/C12H9Cl2FN4O/c1-6-16-11(18-20-6)5-19-10-2-7(14)8(15)3-9(10)17-12(19)4-13/h2-3H,4-5H2,1H3. The average Bonchev–Trinajstić information content (AvgIpc) is 2.96. The Morgan fingerprint density at radius 2 is 2.15 bits per heavy atom. The van der Waals surface area contributed by atoms with Gasteiger partial charge in [0, 0.05) is 13.0 Å². The molecular weight excluding hydrogens is 306 g/mol. The van der Waals surface area contributed by atoms with Gasteiger partial charge in [-0.1, -0.05) is 16.8 Å². The molecule has 2 aromatic heterocycles. The van der Waals surface area contributed by atoms with Gasteiger partial charge in [0.2, 0.25) is 5.89 Å². The molecular formula is C12H9Cl2FN4O. The SMILES string of the molecule is Cc1nc(Cn2c(CCl)nc3cc(F)c(Cl)cc32)no1. The Kier molecular flexibility index (Phi) is 3.35. The van der Waals surface area contributed by atoms with E-state index in [1.165, 1.54) is 12.1 Å². The first kappa shape index (κ1) is 13.3. The molecule has 0 saturated carbocycles. The van der Waals surface area contributed by atoms with Crippen LogP contribution in [0.2, 0.25) is 5.02 Å². The van der Waals surface area contributed by atoms with Crippen LogP contribution in [0.1, 0.15) is 17.5 Å². The second kappa shape index (κ2) is 5.03. The summed E-state index contributed by atoms with van der Waals surface area (Å²) in [7, 11) is 0. The van der Waals surface area contributed by atoms with Crippen LogP contribution < -0.4 is 0 Å². The van der Waals surface area contributed by atoms with E-state index in [9.17, 15) is 4.39 Å². The van der Waals surface area contributed by atoms with Crippen LogP contribution in [0.4, 0.5) is 4.39 Å².